The lowest BCUT2D eigenvalue weighted by molar-refractivity contribution is 0.0122. The quantitative estimate of drug-likeness (QED) is 0.767. The highest BCUT2D eigenvalue weighted by Crippen LogP contribution is 2.33. The summed E-state index contributed by atoms with van der Waals surface area (Å²) in [4.78, 5) is 28.3. The Morgan fingerprint density at radius 2 is 1.61 bits per heavy atom. The van der Waals surface area contributed by atoms with Crippen LogP contribution in [0.1, 0.15) is 33.6 Å². The fourth-order valence-electron chi connectivity index (χ4n) is 3.14. The number of ether oxygens (including phenoxy) is 1. The molecular weight excluding hydrogens is 341 g/mol. The van der Waals surface area contributed by atoms with E-state index in [2.05, 4.69) is 15.0 Å². The molecule has 2 bridgehead atoms. The van der Waals surface area contributed by atoms with Crippen molar-refractivity contribution in [2.24, 2.45) is 0 Å². The van der Waals surface area contributed by atoms with E-state index in [-0.39, 0.29) is 28.7 Å². The van der Waals surface area contributed by atoms with Crippen LogP contribution in [-0.4, -0.2) is 56.7 Å². The molecule has 2 unspecified atom stereocenters. The SMILES string of the molecule is CC(C)(C)OC(=O)N1C2CCC1CN(c1nc(Cl)nc(Cl)n1)C2. The van der Waals surface area contributed by atoms with Gasteiger partial charge in [-0.05, 0) is 56.8 Å². The first-order valence-corrected chi connectivity index (χ1v) is 8.32. The second-order valence-electron chi connectivity index (χ2n) is 6.85. The number of nitrogens with zero attached hydrogens (tertiary/aromatic N) is 5. The molecule has 1 aromatic heterocycles. The fraction of sp³-hybridized carbons (Fsp3) is 0.714. The third-order valence-electron chi connectivity index (χ3n) is 3.94. The lowest BCUT2D eigenvalue weighted by Crippen LogP contribution is -2.57. The molecule has 1 amide bonds. The number of aromatic nitrogens is 3. The Balaban J connectivity index is 1.75. The minimum absolute atomic E-state index is 0.0712. The summed E-state index contributed by atoms with van der Waals surface area (Å²) in [5, 5.41) is 0.142. The summed E-state index contributed by atoms with van der Waals surface area (Å²) >= 11 is 11.7. The summed E-state index contributed by atoms with van der Waals surface area (Å²) < 4.78 is 5.52. The fourth-order valence-corrected chi connectivity index (χ4v) is 3.49. The molecule has 2 aliphatic heterocycles. The number of anilines is 1. The van der Waals surface area contributed by atoms with E-state index in [1.54, 1.807) is 0 Å². The molecule has 0 spiro atoms. The number of piperazine rings is 1. The maximum Gasteiger partial charge on any atom is 0.410 e. The van der Waals surface area contributed by atoms with Gasteiger partial charge in [-0.1, -0.05) is 0 Å². The van der Waals surface area contributed by atoms with Crippen LogP contribution in [0.15, 0.2) is 0 Å². The van der Waals surface area contributed by atoms with E-state index in [1.807, 2.05) is 30.6 Å². The molecular formula is C14H19Cl2N5O2. The standard InChI is InChI=1S/C14H19Cl2N5O2/c1-14(2,3)23-13(22)21-8-4-5-9(21)7-20(6-8)12-18-10(15)17-11(16)19-12/h8-9H,4-7H2,1-3H3. The Morgan fingerprint density at radius 1 is 1.09 bits per heavy atom. The lowest BCUT2D eigenvalue weighted by atomic mass is 10.2. The van der Waals surface area contributed by atoms with Crippen molar-refractivity contribution in [3.05, 3.63) is 10.6 Å². The molecule has 2 saturated heterocycles. The summed E-state index contributed by atoms with van der Waals surface area (Å²) in [6.45, 7) is 6.88. The van der Waals surface area contributed by atoms with Gasteiger partial charge in [0.25, 0.3) is 0 Å². The van der Waals surface area contributed by atoms with Crippen LogP contribution >= 0.6 is 23.2 Å². The van der Waals surface area contributed by atoms with Crippen LogP contribution in [-0.2, 0) is 4.74 Å². The van der Waals surface area contributed by atoms with E-state index in [0.29, 0.717) is 19.0 Å². The highest BCUT2D eigenvalue weighted by Gasteiger charge is 2.44. The Morgan fingerprint density at radius 3 is 2.09 bits per heavy atom. The van der Waals surface area contributed by atoms with E-state index in [1.165, 1.54) is 0 Å². The second kappa shape index (κ2) is 5.94. The largest absolute Gasteiger partial charge is 0.444 e. The first-order valence-electron chi connectivity index (χ1n) is 7.56. The zero-order valence-corrected chi connectivity index (χ0v) is 14.8. The molecule has 126 valence electrons. The molecule has 1 aromatic rings. The van der Waals surface area contributed by atoms with Gasteiger partial charge in [-0.2, -0.15) is 15.0 Å². The summed E-state index contributed by atoms with van der Waals surface area (Å²) in [5.41, 5.74) is -0.497. The molecule has 3 heterocycles. The summed E-state index contributed by atoms with van der Waals surface area (Å²) in [5.74, 6) is 0.454. The Hall–Kier alpha value is -1.34. The van der Waals surface area contributed by atoms with Crippen molar-refractivity contribution in [2.45, 2.75) is 51.3 Å². The smallest absolute Gasteiger partial charge is 0.410 e. The van der Waals surface area contributed by atoms with Crippen molar-refractivity contribution in [2.75, 3.05) is 18.0 Å². The summed E-state index contributed by atoms with van der Waals surface area (Å²) in [6.07, 6.45) is 1.62. The van der Waals surface area contributed by atoms with Crippen molar-refractivity contribution < 1.29 is 9.53 Å². The van der Waals surface area contributed by atoms with E-state index >= 15 is 0 Å². The molecule has 0 aliphatic carbocycles. The van der Waals surface area contributed by atoms with E-state index in [9.17, 15) is 4.79 Å². The minimum Gasteiger partial charge on any atom is -0.444 e. The van der Waals surface area contributed by atoms with Gasteiger partial charge in [0.05, 0.1) is 12.1 Å². The molecule has 0 aromatic carbocycles. The molecule has 7 nitrogen and oxygen atoms in total. The Labute approximate surface area is 144 Å². The topological polar surface area (TPSA) is 71.5 Å². The van der Waals surface area contributed by atoms with Crippen LogP contribution in [0.4, 0.5) is 10.7 Å². The maximum absolute atomic E-state index is 12.4. The first-order chi connectivity index (χ1) is 10.7. The zero-order valence-electron chi connectivity index (χ0n) is 13.3. The van der Waals surface area contributed by atoms with Gasteiger partial charge in [-0.25, -0.2) is 4.79 Å². The molecule has 9 heteroatoms. The minimum atomic E-state index is -0.497. The lowest BCUT2D eigenvalue weighted by Gasteiger charge is -2.41. The average Bonchev–Trinajstić information content (AvgIpc) is 2.66. The molecule has 2 aliphatic rings. The number of rotatable bonds is 1. The number of carbonyl (C=O) groups excluding carboxylic acids is 1. The van der Waals surface area contributed by atoms with Crippen molar-refractivity contribution >= 4 is 35.2 Å². The van der Waals surface area contributed by atoms with E-state index in [0.717, 1.165) is 12.8 Å². The molecule has 3 rings (SSSR count). The molecule has 0 radical (unpaired) electrons. The number of fused-ring (bicyclic) bond motifs is 2. The molecule has 2 fully saturated rings. The van der Waals surface area contributed by atoms with Crippen molar-refractivity contribution in [3.63, 3.8) is 0 Å². The van der Waals surface area contributed by atoms with Gasteiger partial charge < -0.3 is 9.64 Å². The van der Waals surface area contributed by atoms with Gasteiger partial charge in [0.15, 0.2) is 0 Å². The van der Waals surface area contributed by atoms with Crippen LogP contribution in [0.25, 0.3) is 0 Å². The van der Waals surface area contributed by atoms with Gasteiger partial charge in [-0.3, -0.25) is 4.90 Å². The molecule has 2 atom stereocenters. The van der Waals surface area contributed by atoms with Crippen LogP contribution in [0, 0.1) is 0 Å². The Bertz CT molecular complexity index is 587. The monoisotopic (exact) mass is 359 g/mol. The van der Waals surface area contributed by atoms with Crippen LogP contribution in [0.2, 0.25) is 10.6 Å². The third kappa shape index (κ3) is 3.61. The maximum atomic E-state index is 12.4. The predicted octanol–water partition coefficient (Wildman–Crippen LogP) is 2.77. The van der Waals surface area contributed by atoms with Crippen LogP contribution in [0.5, 0.6) is 0 Å². The van der Waals surface area contributed by atoms with Crippen molar-refractivity contribution in [3.8, 4) is 0 Å². The average molecular weight is 360 g/mol. The van der Waals surface area contributed by atoms with Crippen LogP contribution in [0.3, 0.4) is 0 Å². The number of hydrogen-bond donors (Lipinski definition) is 0. The first kappa shape index (κ1) is 16.5. The van der Waals surface area contributed by atoms with Gasteiger partial charge in [0, 0.05) is 13.1 Å². The highest BCUT2D eigenvalue weighted by atomic mass is 35.5. The Kier molecular flexibility index (Phi) is 4.27. The zero-order chi connectivity index (χ0) is 16.8. The molecule has 0 saturated carbocycles. The van der Waals surface area contributed by atoms with Gasteiger partial charge in [-0.15, -0.1) is 0 Å². The number of halogens is 2. The van der Waals surface area contributed by atoms with Gasteiger partial charge in [0.1, 0.15) is 5.60 Å². The number of hydrogen-bond acceptors (Lipinski definition) is 6. The number of amides is 1. The van der Waals surface area contributed by atoms with Gasteiger partial charge >= 0.3 is 6.09 Å². The second-order valence-corrected chi connectivity index (χ2v) is 7.53. The summed E-state index contributed by atoms with van der Waals surface area (Å²) in [7, 11) is 0. The van der Waals surface area contributed by atoms with E-state index < -0.39 is 5.60 Å². The van der Waals surface area contributed by atoms with Gasteiger partial charge in [0.2, 0.25) is 16.5 Å². The van der Waals surface area contributed by atoms with E-state index in [4.69, 9.17) is 27.9 Å². The number of carbonyl (C=O) groups is 1. The molecule has 23 heavy (non-hydrogen) atoms. The summed E-state index contributed by atoms with van der Waals surface area (Å²) in [6, 6.07) is 0.163. The van der Waals surface area contributed by atoms with Crippen LogP contribution < -0.4 is 4.90 Å². The van der Waals surface area contributed by atoms with Crippen molar-refractivity contribution in [1.29, 1.82) is 0 Å². The third-order valence-corrected chi connectivity index (χ3v) is 4.28. The highest BCUT2D eigenvalue weighted by molar-refractivity contribution is 6.31. The predicted molar refractivity (Wildman–Crippen MR) is 86.9 cm³/mol. The molecule has 0 N–H and O–H groups in total. The van der Waals surface area contributed by atoms with Crippen molar-refractivity contribution in [1.82, 2.24) is 19.9 Å². The normalized spacial score (nSPS) is 24.0.